The van der Waals surface area contributed by atoms with Gasteiger partial charge in [-0.25, -0.2) is 4.39 Å². The van der Waals surface area contributed by atoms with E-state index in [2.05, 4.69) is 0 Å². The molecule has 0 atom stereocenters. The van der Waals surface area contributed by atoms with E-state index in [0.29, 0.717) is 35.0 Å². The molecular formula is C28H27FNO5+. The number of rotatable bonds is 9. The molecule has 7 heteroatoms. The number of methoxy groups -OCH3 is 4. The van der Waals surface area contributed by atoms with E-state index in [0.717, 1.165) is 22.0 Å². The van der Waals surface area contributed by atoms with Crippen LogP contribution >= 0.6 is 0 Å². The van der Waals surface area contributed by atoms with Crippen LogP contribution in [0.4, 0.5) is 4.39 Å². The Bertz CT molecular complexity index is 1370. The molecule has 180 valence electrons. The SMILES string of the molecule is COc1ccc(Cc2c3cc(OC)c(OC)cc3cc[n+]2CC(=O)c2ccc(F)cc2)cc1OC. The summed E-state index contributed by atoms with van der Waals surface area (Å²) in [5, 5.41) is 1.87. The van der Waals surface area contributed by atoms with Crippen LogP contribution in [-0.4, -0.2) is 34.2 Å². The monoisotopic (exact) mass is 476 g/mol. The Morgan fingerprint density at radius 1 is 0.771 bits per heavy atom. The number of fused-ring (bicyclic) bond motifs is 1. The van der Waals surface area contributed by atoms with Crippen molar-refractivity contribution in [1.29, 1.82) is 0 Å². The topological polar surface area (TPSA) is 57.9 Å². The van der Waals surface area contributed by atoms with Crippen molar-refractivity contribution < 1.29 is 32.7 Å². The molecule has 0 aliphatic carbocycles. The summed E-state index contributed by atoms with van der Waals surface area (Å²) in [5.41, 5.74) is 2.34. The van der Waals surface area contributed by atoms with Crippen LogP contribution in [0.5, 0.6) is 23.0 Å². The number of hydrogen-bond acceptors (Lipinski definition) is 5. The molecule has 1 aromatic heterocycles. The van der Waals surface area contributed by atoms with Gasteiger partial charge >= 0.3 is 0 Å². The Balaban J connectivity index is 1.83. The average Bonchev–Trinajstić information content (AvgIpc) is 2.89. The first-order valence-electron chi connectivity index (χ1n) is 11.0. The van der Waals surface area contributed by atoms with Gasteiger partial charge in [0.05, 0.1) is 40.2 Å². The molecular weight excluding hydrogens is 449 g/mol. The van der Waals surface area contributed by atoms with Crippen molar-refractivity contribution in [3.05, 3.63) is 89.5 Å². The van der Waals surface area contributed by atoms with Crippen LogP contribution in [0.3, 0.4) is 0 Å². The smallest absolute Gasteiger partial charge is 0.227 e. The van der Waals surface area contributed by atoms with Crippen LogP contribution in [0, 0.1) is 5.82 Å². The third-order valence-electron chi connectivity index (χ3n) is 5.95. The van der Waals surface area contributed by atoms with Gasteiger partial charge in [0, 0.05) is 11.6 Å². The second-order valence-corrected chi connectivity index (χ2v) is 7.98. The number of carbonyl (C=O) groups excluding carboxylic acids is 1. The summed E-state index contributed by atoms with van der Waals surface area (Å²) in [6.45, 7) is 0.0958. The second-order valence-electron chi connectivity index (χ2n) is 7.98. The van der Waals surface area contributed by atoms with E-state index in [1.165, 1.54) is 24.3 Å². The second kappa shape index (κ2) is 10.4. The summed E-state index contributed by atoms with van der Waals surface area (Å²) < 4.78 is 37.1. The van der Waals surface area contributed by atoms with Gasteiger partial charge in [-0.2, -0.15) is 4.57 Å². The van der Waals surface area contributed by atoms with Gasteiger partial charge in [-0.15, -0.1) is 0 Å². The van der Waals surface area contributed by atoms with Crippen LogP contribution in [0.15, 0.2) is 66.9 Å². The standard InChI is InChI=1S/C28H27FNO5/c1-32-25-10-5-18(14-26(25)33-2)13-23-22-16-28(35-4)27(34-3)15-20(22)11-12-30(23)17-24(31)19-6-8-21(29)9-7-19/h5-12,14-16H,13,17H2,1-4H3/q+1. The van der Waals surface area contributed by atoms with Gasteiger partial charge in [-0.3, -0.25) is 4.79 Å². The largest absolute Gasteiger partial charge is 0.493 e. The molecule has 0 radical (unpaired) electrons. The lowest BCUT2D eigenvalue weighted by molar-refractivity contribution is -0.688. The summed E-state index contributed by atoms with van der Waals surface area (Å²) >= 11 is 0. The first-order chi connectivity index (χ1) is 17.0. The van der Waals surface area contributed by atoms with E-state index in [1.807, 2.05) is 47.2 Å². The van der Waals surface area contributed by atoms with Gasteiger partial charge in [0.15, 0.2) is 34.9 Å². The molecule has 4 rings (SSSR count). The van der Waals surface area contributed by atoms with Crippen molar-refractivity contribution in [2.45, 2.75) is 13.0 Å². The molecule has 0 unspecified atom stereocenters. The molecule has 0 amide bonds. The van der Waals surface area contributed by atoms with E-state index >= 15 is 0 Å². The average molecular weight is 477 g/mol. The lowest BCUT2D eigenvalue weighted by Crippen LogP contribution is -2.42. The molecule has 0 fully saturated rings. The molecule has 4 aromatic rings. The zero-order valence-electron chi connectivity index (χ0n) is 20.1. The molecule has 0 N–H and O–H groups in total. The highest BCUT2D eigenvalue weighted by Gasteiger charge is 2.22. The molecule has 6 nitrogen and oxygen atoms in total. The molecule has 1 heterocycles. The number of aromatic nitrogens is 1. The Morgan fingerprint density at radius 2 is 1.40 bits per heavy atom. The van der Waals surface area contributed by atoms with E-state index < -0.39 is 0 Å². The van der Waals surface area contributed by atoms with Gasteiger partial charge in [-0.05, 0) is 59.5 Å². The summed E-state index contributed by atoms with van der Waals surface area (Å²) in [6, 6.07) is 17.1. The highest BCUT2D eigenvalue weighted by molar-refractivity contribution is 5.95. The summed E-state index contributed by atoms with van der Waals surface area (Å²) in [6.07, 6.45) is 2.40. The normalized spacial score (nSPS) is 10.8. The maximum atomic E-state index is 13.3. The van der Waals surface area contributed by atoms with Crippen molar-refractivity contribution in [2.24, 2.45) is 0 Å². The van der Waals surface area contributed by atoms with Gasteiger partial charge in [0.1, 0.15) is 5.82 Å². The third-order valence-corrected chi connectivity index (χ3v) is 5.95. The van der Waals surface area contributed by atoms with Gasteiger partial charge in [0.2, 0.25) is 12.3 Å². The molecule has 0 aliphatic heterocycles. The van der Waals surface area contributed by atoms with E-state index in [1.54, 1.807) is 28.4 Å². The fourth-order valence-corrected chi connectivity index (χ4v) is 4.11. The maximum absolute atomic E-state index is 13.3. The van der Waals surface area contributed by atoms with Crippen LogP contribution in [0.1, 0.15) is 21.6 Å². The van der Waals surface area contributed by atoms with Crippen LogP contribution in [0.2, 0.25) is 0 Å². The van der Waals surface area contributed by atoms with E-state index in [9.17, 15) is 9.18 Å². The predicted octanol–water partition coefficient (Wildman–Crippen LogP) is 4.77. The summed E-state index contributed by atoms with van der Waals surface area (Å²) in [4.78, 5) is 13.0. The minimum atomic E-state index is -0.380. The number of ether oxygens (including phenoxy) is 4. The van der Waals surface area contributed by atoms with Gasteiger partial charge < -0.3 is 18.9 Å². The predicted molar refractivity (Wildman–Crippen MR) is 130 cm³/mol. The minimum absolute atomic E-state index is 0.0958. The number of nitrogens with zero attached hydrogens (tertiary/aromatic N) is 1. The first-order valence-corrected chi connectivity index (χ1v) is 11.0. The Morgan fingerprint density at radius 3 is 2.06 bits per heavy atom. The third kappa shape index (κ3) is 5.04. The van der Waals surface area contributed by atoms with Crippen LogP contribution in [0.25, 0.3) is 10.8 Å². The van der Waals surface area contributed by atoms with E-state index in [-0.39, 0.29) is 18.1 Å². The molecule has 3 aromatic carbocycles. The number of pyridine rings is 1. The number of halogens is 1. The van der Waals surface area contributed by atoms with Crippen molar-refractivity contribution in [1.82, 2.24) is 0 Å². The molecule has 35 heavy (non-hydrogen) atoms. The number of benzene rings is 3. The zero-order valence-corrected chi connectivity index (χ0v) is 20.1. The van der Waals surface area contributed by atoms with Gasteiger partial charge in [-0.1, -0.05) is 6.07 Å². The van der Waals surface area contributed by atoms with Crippen LogP contribution in [-0.2, 0) is 13.0 Å². The molecule has 0 aliphatic rings. The molecule has 0 bridgehead atoms. The fourth-order valence-electron chi connectivity index (χ4n) is 4.11. The number of Topliss-reactive ketones (excluding diaryl/α,β-unsaturated/α-hetero) is 1. The number of hydrogen-bond donors (Lipinski definition) is 0. The molecule has 0 saturated heterocycles. The zero-order chi connectivity index (χ0) is 24.9. The van der Waals surface area contributed by atoms with E-state index in [4.69, 9.17) is 18.9 Å². The maximum Gasteiger partial charge on any atom is 0.227 e. The van der Waals surface area contributed by atoms with Crippen LogP contribution < -0.4 is 23.5 Å². The fraction of sp³-hybridized carbons (Fsp3) is 0.214. The minimum Gasteiger partial charge on any atom is -0.493 e. The summed E-state index contributed by atoms with van der Waals surface area (Å²) in [5.74, 6) is 1.98. The number of ketones is 1. The summed E-state index contributed by atoms with van der Waals surface area (Å²) in [7, 11) is 6.38. The molecule has 0 spiro atoms. The van der Waals surface area contributed by atoms with Crippen molar-refractivity contribution in [2.75, 3.05) is 28.4 Å². The quantitative estimate of drug-likeness (QED) is 0.257. The Kier molecular flexibility index (Phi) is 7.15. The highest BCUT2D eigenvalue weighted by Crippen LogP contribution is 2.34. The lowest BCUT2D eigenvalue weighted by atomic mass is 10.0. The first kappa shape index (κ1) is 24.0. The highest BCUT2D eigenvalue weighted by atomic mass is 19.1. The van der Waals surface area contributed by atoms with Crippen molar-refractivity contribution >= 4 is 16.6 Å². The van der Waals surface area contributed by atoms with Crippen molar-refractivity contribution in [3.63, 3.8) is 0 Å². The van der Waals surface area contributed by atoms with Crippen molar-refractivity contribution in [3.8, 4) is 23.0 Å². The Labute approximate surface area is 203 Å². The molecule has 0 saturated carbocycles. The Hall–Kier alpha value is -4.13. The lowest BCUT2D eigenvalue weighted by Gasteiger charge is -2.13. The number of carbonyl (C=O) groups is 1. The van der Waals surface area contributed by atoms with Gasteiger partial charge in [0.25, 0.3) is 0 Å².